The molecule has 1 fully saturated rings. The van der Waals surface area contributed by atoms with Crippen LogP contribution < -0.4 is 0 Å². The molecule has 0 radical (unpaired) electrons. The molecule has 0 saturated carbocycles. The van der Waals surface area contributed by atoms with E-state index < -0.39 is 10.0 Å². The summed E-state index contributed by atoms with van der Waals surface area (Å²) in [4.78, 5) is 2.55. The van der Waals surface area contributed by atoms with Crippen LogP contribution in [0.5, 0.6) is 0 Å². The first-order valence-corrected chi connectivity index (χ1v) is 8.15. The lowest BCUT2D eigenvalue weighted by molar-refractivity contribution is 0.196. The highest BCUT2D eigenvalue weighted by molar-refractivity contribution is 7.89. The minimum absolute atomic E-state index is 0.167. The Bertz CT molecular complexity index is 516. The molecule has 0 aliphatic carbocycles. The van der Waals surface area contributed by atoms with E-state index >= 15 is 0 Å². The molecule has 0 bridgehead atoms. The third-order valence-corrected chi connectivity index (χ3v) is 5.37. The van der Waals surface area contributed by atoms with Crippen LogP contribution in [0.4, 0.5) is 0 Å². The van der Waals surface area contributed by atoms with Crippen molar-refractivity contribution in [1.82, 2.24) is 19.0 Å². The van der Waals surface area contributed by atoms with E-state index in [2.05, 4.69) is 16.9 Å². The van der Waals surface area contributed by atoms with Gasteiger partial charge in [0.2, 0.25) is 10.0 Å². The fourth-order valence-corrected chi connectivity index (χ4v) is 3.54. The first-order valence-electron chi connectivity index (χ1n) is 6.71. The molecule has 1 aromatic heterocycles. The zero-order valence-electron chi connectivity index (χ0n) is 11.8. The summed E-state index contributed by atoms with van der Waals surface area (Å²) >= 11 is 0. The van der Waals surface area contributed by atoms with Crippen molar-refractivity contribution in [1.29, 1.82) is 0 Å². The molecule has 1 saturated heterocycles. The summed E-state index contributed by atoms with van der Waals surface area (Å²) in [6.45, 7) is 9.73. The monoisotopic (exact) mass is 286 g/mol. The highest BCUT2D eigenvalue weighted by Gasteiger charge is 2.29. The van der Waals surface area contributed by atoms with Crippen LogP contribution in [0.2, 0.25) is 0 Å². The van der Waals surface area contributed by atoms with Gasteiger partial charge in [0, 0.05) is 38.4 Å². The summed E-state index contributed by atoms with van der Waals surface area (Å²) in [6.07, 6.45) is 3.06. The van der Waals surface area contributed by atoms with Crippen LogP contribution in [0.3, 0.4) is 0 Å². The Hall–Kier alpha value is -0.920. The van der Waals surface area contributed by atoms with E-state index in [4.69, 9.17) is 0 Å². The summed E-state index contributed by atoms with van der Waals surface area (Å²) in [5.74, 6) is 0. The zero-order valence-corrected chi connectivity index (χ0v) is 12.6. The second-order valence-electron chi connectivity index (χ2n) is 5.09. The highest BCUT2D eigenvalue weighted by Crippen LogP contribution is 2.18. The molecule has 7 heteroatoms. The van der Waals surface area contributed by atoms with Gasteiger partial charge in [-0.15, -0.1) is 0 Å². The maximum absolute atomic E-state index is 12.5. The molecule has 2 rings (SSSR count). The quantitative estimate of drug-likeness (QED) is 0.821. The molecule has 1 aliphatic heterocycles. The van der Waals surface area contributed by atoms with Crippen molar-refractivity contribution in [3.8, 4) is 0 Å². The van der Waals surface area contributed by atoms with E-state index in [0.29, 0.717) is 18.0 Å². The van der Waals surface area contributed by atoms with Gasteiger partial charge in [0.15, 0.2) is 0 Å². The van der Waals surface area contributed by atoms with Crippen molar-refractivity contribution in [2.75, 3.05) is 32.7 Å². The number of likely N-dealkylation sites (N-methyl/N-ethyl adjacent to an activating group) is 1. The standard InChI is InChI=1S/C12H22N4O2S/c1-4-14-5-7-15(8-6-14)19(17,18)12-9-13-16(10-12)11(2)3/h9-11H,4-8H2,1-3H3. The molecular formula is C12H22N4O2S. The van der Waals surface area contributed by atoms with Crippen LogP contribution in [0.25, 0.3) is 0 Å². The number of sulfonamides is 1. The molecule has 0 spiro atoms. The van der Waals surface area contributed by atoms with Gasteiger partial charge in [0.25, 0.3) is 0 Å². The van der Waals surface area contributed by atoms with Gasteiger partial charge in [-0.2, -0.15) is 9.40 Å². The van der Waals surface area contributed by atoms with E-state index in [9.17, 15) is 8.42 Å². The SMILES string of the molecule is CCN1CCN(S(=O)(=O)c2cnn(C(C)C)c2)CC1. The summed E-state index contributed by atoms with van der Waals surface area (Å²) < 4.78 is 28.2. The molecule has 0 atom stereocenters. The van der Waals surface area contributed by atoms with Gasteiger partial charge in [0.1, 0.15) is 4.90 Å². The van der Waals surface area contributed by atoms with Crippen LogP contribution in [0, 0.1) is 0 Å². The van der Waals surface area contributed by atoms with Gasteiger partial charge in [0.05, 0.1) is 6.20 Å². The summed E-state index contributed by atoms with van der Waals surface area (Å²) in [6, 6.07) is 0.167. The molecule has 0 aromatic carbocycles. The van der Waals surface area contributed by atoms with E-state index in [1.807, 2.05) is 13.8 Å². The first kappa shape index (κ1) is 14.5. The number of aromatic nitrogens is 2. The fourth-order valence-electron chi connectivity index (χ4n) is 2.17. The highest BCUT2D eigenvalue weighted by atomic mass is 32.2. The lowest BCUT2D eigenvalue weighted by Gasteiger charge is -2.32. The number of rotatable bonds is 4. The fraction of sp³-hybridized carbons (Fsp3) is 0.750. The number of hydrogen-bond acceptors (Lipinski definition) is 4. The molecule has 0 unspecified atom stereocenters. The Balaban J connectivity index is 2.13. The molecule has 1 aliphatic rings. The van der Waals surface area contributed by atoms with E-state index in [0.717, 1.165) is 19.6 Å². The maximum atomic E-state index is 12.5. The third kappa shape index (κ3) is 2.98. The van der Waals surface area contributed by atoms with Crippen molar-refractivity contribution in [2.45, 2.75) is 31.7 Å². The van der Waals surface area contributed by atoms with E-state index in [1.54, 1.807) is 15.2 Å². The third-order valence-electron chi connectivity index (χ3n) is 3.52. The van der Waals surface area contributed by atoms with Gasteiger partial charge < -0.3 is 4.90 Å². The Morgan fingerprint density at radius 1 is 1.26 bits per heavy atom. The second kappa shape index (κ2) is 5.60. The Labute approximate surface area is 115 Å². The second-order valence-corrected chi connectivity index (χ2v) is 7.03. The molecule has 1 aromatic rings. The Kier molecular flexibility index (Phi) is 4.27. The van der Waals surface area contributed by atoms with E-state index in [-0.39, 0.29) is 6.04 Å². The lowest BCUT2D eigenvalue weighted by Crippen LogP contribution is -2.48. The minimum Gasteiger partial charge on any atom is -0.301 e. The average Bonchev–Trinajstić information content (AvgIpc) is 2.89. The smallest absolute Gasteiger partial charge is 0.246 e. The topological polar surface area (TPSA) is 58.4 Å². The van der Waals surface area contributed by atoms with Gasteiger partial charge in [-0.05, 0) is 20.4 Å². The normalized spacial score (nSPS) is 19.2. The van der Waals surface area contributed by atoms with Crippen molar-refractivity contribution in [3.05, 3.63) is 12.4 Å². The molecular weight excluding hydrogens is 264 g/mol. The molecule has 6 nitrogen and oxygen atoms in total. The van der Waals surface area contributed by atoms with Gasteiger partial charge >= 0.3 is 0 Å². The van der Waals surface area contributed by atoms with Crippen LogP contribution in [-0.2, 0) is 10.0 Å². The first-order chi connectivity index (χ1) is 8.95. The van der Waals surface area contributed by atoms with Gasteiger partial charge in [-0.1, -0.05) is 6.92 Å². The van der Waals surface area contributed by atoms with Crippen LogP contribution in [0.15, 0.2) is 17.3 Å². The van der Waals surface area contributed by atoms with E-state index in [1.165, 1.54) is 6.20 Å². The van der Waals surface area contributed by atoms with Gasteiger partial charge in [-0.25, -0.2) is 8.42 Å². The van der Waals surface area contributed by atoms with Crippen LogP contribution in [0.1, 0.15) is 26.8 Å². The predicted molar refractivity (Wildman–Crippen MR) is 73.5 cm³/mol. The average molecular weight is 286 g/mol. The summed E-state index contributed by atoms with van der Waals surface area (Å²) in [5.41, 5.74) is 0. The van der Waals surface area contributed by atoms with Crippen LogP contribution in [-0.4, -0.2) is 60.1 Å². The molecule has 19 heavy (non-hydrogen) atoms. The van der Waals surface area contributed by atoms with Crippen molar-refractivity contribution >= 4 is 10.0 Å². The predicted octanol–water partition coefficient (Wildman–Crippen LogP) is 0.790. The van der Waals surface area contributed by atoms with Gasteiger partial charge in [-0.3, -0.25) is 4.68 Å². The largest absolute Gasteiger partial charge is 0.301 e. The summed E-state index contributed by atoms with van der Waals surface area (Å²) in [5, 5.41) is 4.11. The minimum atomic E-state index is -3.38. The van der Waals surface area contributed by atoms with Crippen molar-refractivity contribution in [2.24, 2.45) is 0 Å². The number of hydrogen-bond donors (Lipinski definition) is 0. The Morgan fingerprint density at radius 3 is 2.37 bits per heavy atom. The molecule has 108 valence electrons. The Morgan fingerprint density at radius 2 is 1.89 bits per heavy atom. The number of nitrogens with zero attached hydrogens (tertiary/aromatic N) is 4. The zero-order chi connectivity index (χ0) is 14.0. The van der Waals surface area contributed by atoms with Crippen molar-refractivity contribution < 1.29 is 8.42 Å². The summed E-state index contributed by atoms with van der Waals surface area (Å²) in [7, 11) is -3.38. The lowest BCUT2D eigenvalue weighted by atomic mass is 10.4. The van der Waals surface area contributed by atoms with Crippen LogP contribution >= 0.6 is 0 Å². The molecule has 2 heterocycles. The molecule has 0 amide bonds. The maximum Gasteiger partial charge on any atom is 0.246 e. The molecule has 0 N–H and O–H groups in total. The van der Waals surface area contributed by atoms with Crippen molar-refractivity contribution in [3.63, 3.8) is 0 Å². The number of piperazine rings is 1.